The fourth-order valence-corrected chi connectivity index (χ4v) is 5.19. The largest absolute Gasteiger partial charge is 0.353 e. The molecule has 0 saturated carbocycles. The lowest BCUT2D eigenvalue weighted by Gasteiger charge is -2.31. The van der Waals surface area contributed by atoms with Gasteiger partial charge in [-0.05, 0) is 31.9 Å². The van der Waals surface area contributed by atoms with Crippen LogP contribution in [-0.2, 0) is 13.0 Å². The summed E-state index contributed by atoms with van der Waals surface area (Å²) >= 11 is 14.1. The van der Waals surface area contributed by atoms with Crippen molar-refractivity contribution in [3.63, 3.8) is 0 Å². The maximum absolute atomic E-state index is 12.8. The summed E-state index contributed by atoms with van der Waals surface area (Å²) < 4.78 is 0. The molecule has 2 aliphatic rings. The Hall–Kier alpha value is -1.27. The van der Waals surface area contributed by atoms with Crippen LogP contribution in [0.1, 0.15) is 46.4 Å². The molecule has 0 unspecified atom stereocenters. The molecule has 0 saturated heterocycles. The van der Waals surface area contributed by atoms with Crippen molar-refractivity contribution in [1.82, 2.24) is 10.2 Å². The van der Waals surface area contributed by atoms with E-state index in [0.29, 0.717) is 16.1 Å². The van der Waals surface area contributed by atoms with E-state index < -0.39 is 0 Å². The third-order valence-corrected chi connectivity index (χ3v) is 6.87. The van der Waals surface area contributed by atoms with Gasteiger partial charge in [-0.2, -0.15) is 0 Å². The minimum Gasteiger partial charge on any atom is -0.353 e. The summed E-state index contributed by atoms with van der Waals surface area (Å²) in [6, 6.07) is 5.97. The summed E-state index contributed by atoms with van der Waals surface area (Å²) in [5.41, 5.74) is 2.78. The van der Waals surface area contributed by atoms with E-state index >= 15 is 0 Å². The van der Waals surface area contributed by atoms with Gasteiger partial charge in [-0.3, -0.25) is 9.69 Å². The number of benzene rings is 1. The van der Waals surface area contributed by atoms with Crippen LogP contribution in [0.3, 0.4) is 0 Å². The van der Waals surface area contributed by atoms with E-state index in [1.807, 2.05) is 12.1 Å². The molecule has 2 aliphatic heterocycles. The summed E-state index contributed by atoms with van der Waals surface area (Å²) in [4.78, 5) is 16.5. The highest BCUT2D eigenvalue weighted by atomic mass is 35.5. The third kappa shape index (κ3) is 2.93. The molecule has 1 amide bonds. The van der Waals surface area contributed by atoms with E-state index in [2.05, 4.69) is 29.4 Å². The molecule has 4 nitrogen and oxygen atoms in total. The van der Waals surface area contributed by atoms with Crippen LogP contribution in [-0.4, -0.2) is 23.4 Å². The van der Waals surface area contributed by atoms with Gasteiger partial charge >= 0.3 is 0 Å². The number of fused-ring (bicyclic) bond motifs is 3. The number of hydrogen-bond donors (Lipinski definition) is 2. The van der Waals surface area contributed by atoms with Gasteiger partial charge in [-0.15, -0.1) is 11.3 Å². The second-order valence-electron chi connectivity index (χ2n) is 6.72. The van der Waals surface area contributed by atoms with E-state index in [1.54, 1.807) is 17.4 Å². The number of rotatable bonds is 2. The highest BCUT2D eigenvalue weighted by Crippen LogP contribution is 2.42. The molecule has 3 heterocycles. The molecule has 1 atom stereocenters. The summed E-state index contributed by atoms with van der Waals surface area (Å²) in [6.07, 6.45) is 0.546. The van der Waals surface area contributed by atoms with E-state index in [-0.39, 0.29) is 12.1 Å². The van der Waals surface area contributed by atoms with Crippen LogP contribution in [0.15, 0.2) is 18.2 Å². The van der Waals surface area contributed by atoms with Crippen LogP contribution in [0.25, 0.3) is 0 Å². The summed E-state index contributed by atoms with van der Waals surface area (Å²) in [7, 11) is 0. The van der Waals surface area contributed by atoms with Crippen molar-refractivity contribution in [2.24, 2.45) is 0 Å². The average Bonchev–Trinajstić information content (AvgIpc) is 2.95. The van der Waals surface area contributed by atoms with Gasteiger partial charge in [-0.25, -0.2) is 0 Å². The maximum Gasteiger partial charge on any atom is 0.256 e. The number of halogens is 2. The molecule has 0 spiro atoms. The fourth-order valence-electron chi connectivity index (χ4n) is 3.48. The lowest BCUT2D eigenvalue weighted by molar-refractivity contribution is 0.0934. The van der Waals surface area contributed by atoms with Crippen LogP contribution in [0.4, 0.5) is 5.00 Å². The first-order valence-electron chi connectivity index (χ1n) is 8.35. The van der Waals surface area contributed by atoms with Crippen molar-refractivity contribution < 1.29 is 4.79 Å². The molecular weight excluding hydrogens is 377 g/mol. The van der Waals surface area contributed by atoms with Crippen LogP contribution in [0.2, 0.25) is 10.0 Å². The fraction of sp³-hybridized carbons (Fsp3) is 0.389. The molecule has 0 bridgehead atoms. The first-order valence-corrected chi connectivity index (χ1v) is 9.93. The van der Waals surface area contributed by atoms with Crippen molar-refractivity contribution >= 4 is 45.4 Å². The van der Waals surface area contributed by atoms with E-state index in [4.69, 9.17) is 23.2 Å². The number of hydrogen-bond acceptors (Lipinski definition) is 4. The van der Waals surface area contributed by atoms with Gasteiger partial charge in [0.15, 0.2) is 0 Å². The van der Waals surface area contributed by atoms with Crippen LogP contribution >= 0.6 is 34.5 Å². The zero-order valence-electron chi connectivity index (χ0n) is 14.0. The molecule has 0 aliphatic carbocycles. The van der Waals surface area contributed by atoms with Gasteiger partial charge in [0.25, 0.3) is 5.91 Å². The van der Waals surface area contributed by atoms with Crippen molar-refractivity contribution in [1.29, 1.82) is 0 Å². The predicted octanol–water partition coefficient (Wildman–Crippen LogP) is 4.68. The first-order chi connectivity index (χ1) is 12.0. The van der Waals surface area contributed by atoms with Gasteiger partial charge in [0.05, 0.1) is 15.6 Å². The molecule has 1 aromatic heterocycles. The molecule has 4 rings (SSSR count). The molecule has 0 fully saturated rings. The maximum atomic E-state index is 12.8. The Morgan fingerprint density at radius 1 is 1.28 bits per heavy atom. The second-order valence-corrected chi connectivity index (χ2v) is 8.61. The van der Waals surface area contributed by atoms with Crippen LogP contribution in [0.5, 0.6) is 0 Å². The van der Waals surface area contributed by atoms with Crippen molar-refractivity contribution in [2.75, 3.05) is 11.9 Å². The second kappa shape index (κ2) is 6.47. The van der Waals surface area contributed by atoms with Gasteiger partial charge in [-0.1, -0.05) is 35.3 Å². The minimum absolute atomic E-state index is 0.0368. The first kappa shape index (κ1) is 17.2. The Kier molecular flexibility index (Phi) is 4.44. The minimum atomic E-state index is -0.368. The molecule has 2 aromatic rings. The smallest absolute Gasteiger partial charge is 0.256 e. The molecule has 1 aromatic carbocycles. The zero-order valence-corrected chi connectivity index (χ0v) is 16.4. The monoisotopic (exact) mass is 395 g/mol. The number of carbonyl (C=O) groups is 1. The Morgan fingerprint density at radius 2 is 2.08 bits per heavy atom. The Labute approximate surface area is 161 Å². The van der Waals surface area contributed by atoms with E-state index in [1.165, 1.54) is 10.4 Å². The van der Waals surface area contributed by atoms with Crippen LogP contribution in [0, 0.1) is 0 Å². The summed E-state index contributed by atoms with van der Waals surface area (Å²) in [5, 5.41) is 8.35. The summed E-state index contributed by atoms with van der Waals surface area (Å²) in [5.74, 6) is -0.0368. The third-order valence-electron chi connectivity index (χ3n) is 4.89. The van der Waals surface area contributed by atoms with E-state index in [9.17, 15) is 4.79 Å². The number of thiophene rings is 1. The molecular formula is C18H19Cl2N3OS. The molecule has 132 valence electrons. The number of anilines is 1. The standard InChI is InChI=1S/C18H19Cl2N3OS/c1-9(2)23-7-6-10-13(8-23)25-18-14(10)17(24)21-16(22-18)11-4-3-5-12(19)15(11)20/h3-5,9,16,22H,6-8H2,1-2H3,(H,21,24)/t16-/m0/s1. The van der Waals surface area contributed by atoms with Crippen molar-refractivity contribution in [3.8, 4) is 0 Å². The van der Waals surface area contributed by atoms with Crippen molar-refractivity contribution in [2.45, 2.75) is 39.0 Å². The molecule has 25 heavy (non-hydrogen) atoms. The normalized spacial score (nSPS) is 20.0. The van der Waals surface area contributed by atoms with E-state index in [0.717, 1.165) is 35.6 Å². The van der Waals surface area contributed by atoms with Gasteiger partial charge in [0.2, 0.25) is 0 Å². The average molecular weight is 396 g/mol. The Bertz CT molecular complexity index is 849. The Morgan fingerprint density at radius 3 is 2.84 bits per heavy atom. The SMILES string of the molecule is CC(C)N1CCc2c(sc3c2C(=O)N[C@H](c2cccc(Cl)c2Cl)N3)C1. The van der Waals surface area contributed by atoms with Gasteiger partial charge in [0.1, 0.15) is 11.2 Å². The molecule has 2 N–H and O–H groups in total. The predicted molar refractivity (Wildman–Crippen MR) is 104 cm³/mol. The highest BCUT2D eigenvalue weighted by molar-refractivity contribution is 7.16. The van der Waals surface area contributed by atoms with Crippen molar-refractivity contribution in [3.05, 3.63) is 49.8 Å². The number of nitrogens with one attached hydrogen (secondary N) is 2. The molecule has 7 heteroatoms. The van der Waals surface area contributed by atoms with Gasteiger partial charge < -0.3 is 10.6 Å². The highest BCUT2D eigenvalue weighted by Gasteiger charge is 2.34. The number of amides is 1. The van der Waals surface area contributed by atoms with Crippen LogP contribution < -0.4 is 10.6 Å². The molecule has 0 radical (unpaired) electrons. The lowest BCUT2D eigenvalue weighted by Crippen LogP contribution is -2.39. The summed E-state index contributed by atoms with van der Waals surface area (Å²) in [6.45, 7) is 6.31. The number of nitrogens with zero attached hydrogens (tertiary/aromatic N) is 1. The van der Waals surface area contributed by atoms with Gasteiger partial charge in [0, 0.05) is 29.6 Å². The Balaban J connectivity index is 1.68. The number of carbonyl (C=O) groups excluding carboxylic acids is 1. The lowest BCUT2D eigenvalue weighted by atomic mass is 9.99. The topological polar surface area (TPSA) is 44.4 Å². The zero-order chi connectivity index (χ0) is 17.7. The quantitative estimate of drug-likeness (QED) is 0.775.